The number of anilines is 1. The molecule has 8 heteroatoms. The van der Waals surface area contributed by atoms with Crippen molar-refractivity contribution in [1.82, 2.24) is 4.98 Å². The summed E-state index contributed by atoms with van der Waals surface area (Å²) in [7, 11) is 0. The van der Waals surface area contributed by atoms with Gasteiger partial charge in [0.25, 0.3) is 5.91 Å². The summed E-state index contributed by atoms with van der Waals surface area (Å²) in [5.41, 5.74) is 3.60. The molecule has 8 nitrogen and oxygen atoms in total. The van der Waals surface area contributed by atoms with Crippen LogP contribution < -0.4 is 10.1 Å². The van der Waals surface area contributed by atoms with E-state index in [1.807, 2.05) is 31.2 Å². The van der Waals surface area contributed by atoms with Gasteiger partial charge in [0.1, 0.15) is 5.52 Å². The molecule has 0 fully saturated rings. The van der Waals surface area contributed by atoms with Crippen LogP contribution in [0, 0.1) is 17.0 Å². The zero-order valence-electron chi connectivity index (χ0n) is 16.9. The summed E-state index contributed by atoms with van der Waals surface area (Å²) in [6.07, 6.45) is 0. The molecule has 1 heterocycles. The summed E-state index contributed by atoms with van der Waals surface area (Å²) in [4.78, 5) is 27.9. The maximum absolute atomic E-state index is 12.7. The first kappa shape index (κ1) is 20.1. The number of nitro groups is 1. The number of hydrogen-bond donors (Lipinski definition) is 1. The lowest BCUT2D eigenvalue weighted by Gasteiger charge is -2.08. The molecule has 1 amide bonds. The van der Waals surface area contributed by atoms with Crippen LogP contribution in [0.15, 0.2) is 65.1 Å². The lowest BCUT2D eigenvalue weighted by molar-refractivity contribution is -0.385. The molecule has 3 aromatic carbocycles. The average molecular weight is 417 g/mol. The number of rotatable bonds is 6. The number of hydrogen-bond acceptors (Lipinski definition) is 6. The van der Waals surface area contributed by atoms with Crippen molar-refractivity contribution in [3.05, 3.63) is 81.9 Å². The zero-order valence-corrected chi connectivity index (χ0v) is 16.9. The number of oxazole rings is 1. The van der Waals surface area contributed by atoms with Gasteiger partial charge in [-0.1, -0.05) is 12.1 Å². The van der Waals surface area contributed by atoms with Crippen LogP contribution >= 0.6 is 0 Å². The molecule has 0 saturated heterocycles. The highest BCUT2D eigenvalue weighted by atomic mass is 16.6. The van der Waals surface area contributed by atoms with Gasteiger partial charge in [0.15, 0.2) is 11.3 Å². The van der Waals surface area contributed by atoms with Crippen molar-refractivity contribution in [2.75, 3.05) is 11.9 Å². The standard InChI is InChI=1S/C23H19N3O5/c1-3-30-20-10-8-15(13-19(20)26(28)29)22(27)24-17-6-4-5-16(12-17)23-25-18-9-7-14(2)11-21(18)31-23/h4-13H,3H2,1-2H3,(H,24,27). The average Bonchev–Trinajstić information content (AvgIpc) is 3.17. The van der Waals surface area contributed by atoms with Gasteiger partial charge < -0.3 is 14.5 Å². The number of nitrogens with one attached hydrogen (secondary N) is 1. The molecule has 0 unspecified atom stereocenters. The number of ether oxygens (including phenoxy) is 1. The summed E-state index contributed by atoms with van der Waals surface area (Å²) in [6, 6.07) is 16.9. The third-order valence-electron chi connectivity index (χ3n) is 4.63. The number of aryl methyl sites for hydroxylation is 1. The summed E-state index contributed by atoms with van der Waals surface area (Å²) in [6.45, 7) is 3.99. The maximum atomic E-state index is 12.7. The maximum Gasteiger partial charge on any atom is 0.311 e. The normalized spacial score (nSPS) is 10.8. The van der Waals surface area contributed by atoms with E-state index >= 15 is 0 Å². The Bertz CT molecular complexity index is 1300. The lowest BCUT2D eigenvalue weighted by Crippen LogP contribution is -2.12. The van der Waals surface area contributed by atoms with E-state index in [1.165, 1.54) is 18.2 Å². The Labute approximate surface area is 177 Å². The highest BCUT2D eigenvalue weighted by Gasteiger charge is 2.19. The van der Waals surface area contributed by atoms with Crippen LogP contribution in [0.2, 0.25) is 0 Å². The molecule has 0 aliphatic heterocycles. The summed E-state index contributed by atoms with van der Waals surface area (Å²) < 4.78 is 11.1. The molecular formula is C23H19N3O5. The van der Waals surface area contributed by atoms with Gasteiger partial charge in [-0.25, -0.2) is 4.98 Å². The van der Waals surface area contributed by atoms with Crippen molar-refractivity contribution in [3.63, 3.8) is 0 Å². The van der Waals surface area contributed by atoms with Gasteiger partial charge in [-0.3, -0.25) is 14.9 Å². The van der Waals surface area contributed by atoms with E-state index in [0.717, 1.165) is 11.1 Å². The van der Waals surface area contributed by atoms with E-state index in [-0.39, 0.29) is 23.6 Å². The van der Waals surface area contributed by atoms with Crippen LogP contribution in [0.1, 0.15) is 22.8 Å². The number of aromatic nitrogens is 1. The second-order valence-corrected chi connectivity index (χ2v) is 6.90. The number of carbonyl (C=O) groups excluding carboxylic acids is 1. The topological polar surface area (TPSA) is 108 Å². The van der Waals surface area contributed by atoms with E-state index in [1.54, 1.807) is 25.1 Å². The van der Waals surface area contributed by atoms with Crippen LogP contribution in [0.4, 0.5) is 11.4 Å². The van der Waals surface area contributed by atoms with Gasteiger partial charge >= 0.3 is 5.69 Å². The number of fused-ring (bicyclic) bond motifs is 1. The van der Waals surface area contributed by atoms with Crippen LogP contribution in [-0.4, -0.2) is 22.4 Å². The van der Waals surface area contributed by atoms with Crippen molar-refractivity contribution >= 4 is 28.4 Å². The van der Waals surface area contributed by atoms with Crippen LogP contribution in [-0.2, 0) is 0 Å². The number of nitro benzene ring substituents is 1. The van der Waals surface area contributed by atoms with Gasteiger partial charge in [0, 0.05) is 22.9 Å². The summed E-state index contributed by atoms with van der Waals surface area (Å²) in [5.74, 6) is 0.0853. The Morgan fingerprint density at radius 3 is 2.77 bits per heavy atom. The van der Waals surface area contributed by atoms with E-state index in [4.69, 9.17) is 9.15 Å². The van der Waals surface area contributed by atoms with Crippen molar-refractivity contribution in [2.45, 2.75) is 13.8 Å². The Morgan fingerprint density at radius 2 is 2.00 bits per heavy atom. The van der Waals surface area contributed by atoms with E-state index < -0.39 is 10.8 Å². The molecule has 0 aliphatic rings. The Kier molecular flexibility index (Phi) is 5.36. The molecule has 0 bridgehead atoms. The first-order valence-corrected chi connectivity index (χ1v) is 9.65. The number of amides is 1. The predicted molar refractivity (Wildman–Crippen MR) is 116 cm³/mol. The van der Waals surface area contributed by atoms with Crippen molar-refractivity contribution in [1.29, 1.82) is 0 Å². The number of benzene rings is 3. The van der Waals surface area contributed by atoms with Crippen molar-refractivity contribution in [2.24, 2.45) is 0 Å². The second kappa shape index (κ2) is 8.27. The van der Waals surface area contributed by atoms with Crippen LogP contribution in [0.3, 0.4) is 0 Å². The van der Waals surface area contributed by atoms with E-state index in [0.29, 0.717) is 22.7 Å². The minimum atomic E-state index is -0.572. The first-order valence-electron chi connectivity index (χ1n) is 9.65. The molecule has 4 rings (SSSR count). The minimum absolute atomic E-state index is 0.122. The van der Waals surface area contributed by atoms with Crippen LogP contribution in [0.25, 0.3) is 22.6 Å². The first-order chi connectivity index (χ1) is 14.9. The van der Waals surface area contributed by atoms with Crippen molar-refractivity contribution < 1.29 is 18.9 Å². The Hall–Kier alpha value is -4.20. The quantitative estimate of drug-likeness (QED) is 0.334. The second-order valence-electron chi connectivity index (χ2n) is 6.90. The predicted octanol–water partition coefficient (Wildman–Crippen LogP) is 5.36. The molecule has 0 aliphatic carbocycles. The lowest BCUT2D eigenvalue weighted by atomic mass is 10.1. The van der Waals surface area contributed by atoms with Crippen molar-refractivity contribution in [3.8, 4) is 17.2 Å². The van der Waals surface area contributed by atoms with Gasteiger partial charge in [-0.05, 0) is 61.9 Å². The number of carbonyl (C=O) groups is 1. The fourth-order valence-corrected chi connectivity index (χ4v) is 3.17. The van der Waals surface area contributed by atoms with Gasteiger partial charge in [-0.2, -0.15) is 0 Å². The Balaban J connectivity index is 1.59. The van der Waals surface area contributed by atoms with E-state index in [2.05, 4.69) is 10.3 Å². The fourth-order valence-electron chi connectivity index (χ4n) is 3.17. The largest absolute Gasteiger partial charge is 0.487 e. The molecule has 1 aromatic heterocycles. The molecule has 0 radical (unpaired) electrons. The highest BCUT2D eigenvalue weighted by molar-refractivity contribution is 6.05. The molecule has 1 N–H and O–H groups in total. The molecule has 0 atom stereocenters. The molecule has 0 spiro atoms. The minimum Gasteiger partial charge on any atom is -0.487 e. The highest BCUT2D eigenvalue weighted by Crippen LogP contribution is 2.29. The Morgan fingerprint density at radius 1 is 1.16 bits per heavy atom. The van der Waals surface area contributed by atoms with Gasteiger partial charge in [0.2, 0.25) is 5.89 Å². The third-order valence-corrected chi connectivity index (χ3v) is 4.63. The third kappa shape index (κ3) is 4.23. The monoisotopic (exact) mass is 417 g/mol. The SMILES string of the molecule is CCOc1ccc(C(=O)Nc2cccc(-c3nc4ccc(C)cc4o3)c2)cc1[N+](=O)[O-]. The van der Waals surface area contributed by atoms with E-state index in [9.17, 15) is 14.9 Å². The summed E-state index contributed by atoms with van der Waals surface area (Å²) >= 11 is 0. The molecule has 0 saturated carbocycles. The molecular weight excluding hydrogens is 398 g/mol. The van der Waals surface area contributed by atoms with Gasteiger partial charge in [0.05, 0.1) is 11.5 Å². The summed E-state index contributed by atoms with van der Waals surface area (Å²) in [5, 5.41) is 14.1. The molecule has 31 heavy (non-hydrogen) atoms. The molecule has 156 valence electrons. The smallest absolute Gasteiger partial charge is 0.311 e. The molecule has 4 aromatic rings. The van der Waals surface area contributed by atoms with Crippen LogP contribution in [0.5, 0.6) is 5.75 Å². The fraction of sp³-hybridized carbons (Fsp3) is 0.130. The van der Waals surface area contributed by atoms with Gasteiger partial charge in [-0.15, -0.1) is 0 Å². The zero-order chi connectivity index (χ0) is 22.0. The number of nitrogens with zero attached hydrogens (tertiary/aromatic N) is 2.